The maximum Gasteiger partial charge on any atom is 0.122 e. The Hall–Kier alpha value is -1.48. The van der Waals surface area contributed by atoms with E-state index in [1.54, 1.807) is 0 Å². The minimum absolute atomic E-state index is 0.817. The Kier molecular flexibility index (Phi) is 3.47. The molecule has 2 nitrogen and oxygen atoms in total. The van der Waals surface area contributed by atoms with Crippen LogP contribution in [0.4, 0.5) is 5.69 Å². The van der Waals surface area contributed by atoms with Crippen LogP contribution in [0.1, 0.15) is 16.7 Å². The van der Waals surface area contributed by atoms with Gasteiger partial charge in [0, 0.05) is 23.1 Å². The molecule has 3 heteroatoms. The molecule has 0 atom stereocenters. The zero-order valence-corrected chi connectivity index (χ0v) is 12.5. The smallest absolute Gasteiger partial charge is 0.122 e. The molecular formula is C16H16BrNO. The Labute approximate surface area is 121 Å². The van der Waals surface area contributed by atoms with Gasteiger partial charge in [-0.2, -0.15) is 0 Å². The summed E-state index contributed by atoms with van der Waals surface area (Å²) in [6.07, 6.45) is 1.03. The quantitative estimate of drug-likeness (QED) is 0.911. The van der Waals surface area contributed by atoms with Gasteiger partial charge >= 0.3 is 0 Å². The van der Waals surface area contributed by atoms with Gasteiger partial charge in [-0.1, -0.05) is 28.1 Å². The molecule has 3 rings (SSSR count). The molecule has 0 fully saturated rings. The van der Waals surface area contributed by atoms with Crippen LogP contribution >= 0.6 is 15.9 Å². The van der Waals surface area contributed by atoms with E-state index in [1.807, 2.05) is 0 Å². The first kappa shape index (κ1) is 12.5. The fourth-order valence-electron chi connectivity index (χ4n) is 2.39. The molecule has 1 aliphatic heterocycles. The van der Waals surface area contributed by atoms with Crippen molar-refractivity contribution in [1.82, 2.24) is 0 Å². The lowest BCUT2D eigenvalue weighted by Gasteiger charge is -2.09. The van der Waals surface area contributed by atoms with Crippen molar-refractivity contribution >= 4 is 21.6 Å². The molecule has 0 aromatic heterocycles. The van der Waals surface area contributed by atoms with E-state index in [4.69, 9.17) is 4.74 Å². The molecule has 2 aromatic rings. The second kappa shape index (κ2) is 5.25. The lowest BCUT2D eigenvalue weighted by molar-refractivity contribution is 0.357. The SMILES string of the molecule is Cc1cc(Br)cc(NCc2ccc3c(c2)CCO3)c1. The Bertz CT molecular complexity index is 589. The Morgan fingerprint density at radius 2 is 2.11 bits per heavy atom. The highest BCUT2D eigenvalue weighted by Crippen LogP contribution is 2.26. The lowest BCUT2D eigenvalue weighted by atomic mass is 10.1. The Morgan fingerprint density at radius 3 is 2.95 bits per heavy atom. The number of rotatable bonds is 3. The number of ether oxygens (including phenoxy) is 1. The fourth-order valence-corrected chi connectivity index (χ4v) is 3.00. The van der Waals surface area contributed by atoms with Gasteiger partial charge in [-0.25, -0.2) is 0 Å². The van der Waals surface area contributed by atoms with E-state index in [0.29, 0.717) is 0 Å². The predicted octanol–water partition coefficient (Wildman–Crippen LogP) is 4.30. The van der Waals surface area contributed by atoms with Crippen molar-refractivity contribution in [3.05, 3.63) is 57.6 Å². The third-order valence-electron chi connectivity index (χ3n) is 3.29. The zero-order chi connectivity index (χ0) is 13.2. The number of benzene rings is 2. The standard InChI is InChI=1S/C16H16BrNO/c1-11-6-14(17)9-15(7-11)18-10-12-2-3-16-13(8-12)4-5-19-16/h2-3,6-9,18H,4-5,10H2,1H3. The van der Waals surface area contributed by atoms with Crippen molar-refractivity contribution < 1.29 is 4.74 Å². The topological polar surface area (TPSA) is 21.3 Å². The van der Waals surface area contributed by atoms with Gasteiger partial charge in [0.05, 0.1) is 6.61 Å². The summed E-state index contributed by atoms with van der Waals surface area (Å²) in [5.41, 5.74) is 5.01. The van der Waals surface area contributed by atoms with Crippen LogP contribution in [-0.4, -0.2) is 6.61 Å². The van der Waals surface area contributed by atoms with Crippen LogP contribution in [0.3, 0.4) is 0 Å². The highest BCUT2D eigenvalue weighted by atomic mass is 79.9. The van der Waals surface area contributed by atoms with Crippen LogP contribution in [0.25, 0.3) is 0 Å². The van der Waals surface area contributed by atoms with E-state index in [1.165, 1.54) is 16.7 Å². The van der Waals surface area contributed by atoms with Crippen molar-refractivity contribution in [1.29, 1.82) is 0 Å². The molecule has 2 aromatic carbocycles. The highest BCUT2D eigenvalue weighted by Gasteiger charge is 2.11. The van der Waals surface area contributed by atoms with Crippen LogP contribution in [0.15, 0.2) is 40.9 Å². The van der Waals surface area contributed by atoms with Crippen LogP contribution in [0, 0.1) is 6.92 Å². The van der Waals surface area contributed by atoms with E-state index in [9.17, 15) is 0 Å². The molecule has 0 unspecified atom stereocenters. The van der Waals surface area contributed by atoms with Gasteiger partial charge in [0.1, 0.15) is 5.75 Å². The summed E-state index contributed by atoms with van der Waals surface area (Å²) in [6, 6.07) is 12.8. The minimum Gasteiger partial charge on any atom is -0.493 e. The molecule has 1 aliphatic rings. The van der Waals surface area contributed by atoms with E-state index in [-0.39, 0.29) is 0 Å². The normalized spacial score (nSPS) is 12.9. The first-order valence-corrected chi connectivity index (χ1v) is 7.26. The Morgan fingerprint density at radius 1 is 1.21 bits per heavy atom. The van der Waals surface area contributed by atoms with Gasteiger partial charge in [0.2, 0.25) is 0 Å². The summed E-state index contributed by atoms with van der Waals surface area (Å²) >= 11 is 3.52. The van der Waals surface area contributed by atoms with Crippen molar-refractivity contribution in [2.45, 2.75) is 19.9 Å². The predicted molar refractivity (Wildman–Crippen MR) is 81.8 cm³/mol. The number of anilines is 1. The third kappa shape index (κ3) is 2.92. The number of aryl methyl sites for hydroxylation is 1. The molecule has 0 saturated heterocycles. The second-order valence-electron chi connectivity index (χ2n) is 4.91. The van der Waals surface area contributed by atoms with E-state index >= 15 is 0 Å². The van der Waals surface area contributed by atoms with Crippen LogP contribution in [0.5, 0.6) is 5.75 Å². The van der Waals surface area contributed by atoms with Gasteiger partial charge in [0.15, 0.2) is 0 Å². The monoisotopic (exact) mass is 317 g/mol. The van der Waals surface area contributed by atoms with Crippen molar-refractivity contribution in [3.63, 3.8) is 0 Å². The van der Waals surface area contributed by atoms with Crippen LogP contribution in [-0.2, 0) is 13.0 Å². The molecule has 0 saturated carbocycles. The molecule has 98 valence electrons. The molecule has 1 heterocycles. The summed E-state index contributed by atoms with van der Waals surface area (Å²) in [4.78, 5) is 0. The second-order valence-corrected chi connectivity index (χ2v) is 5.83. The number of hydrogen-bond donors (Lipinski definition) is 1. The maximum atomic E-state index is 5.52. The molecule has 0 bridgehead atoms. The van der Waals surface area contributed by atoms with E-state index in [2.05, 4.69) is 64.6 Å². The van der Waals surface area contributed by atoms with Crippen LogP contribution in [0.2, 0.25) is 0 Å². The van der Waals surface area contributed by atoms with Crippen molar-refractivity contribution in [2.75, 3.05) is 11.9 Å². The summed E-state index contributed by atoms with van der Waals surface area (Å²) in [5.74, 6) is 1.04. The van der Waals surface area contributed by atoms with E-state index < -0.39 is 0 Å². The van der Waals surface area contributed by atoms with Crippen molar-refractivity contribution in [2.24, 2.45) is 0 Å². The molecule has 0 aliphatic carbocycles. The number of hydrogen-bond acceptors (Lipinski definition) is 2. The summed E-state index contributed by atoms with van der Waals surface area (Å²) in [6.45, 7) is 3.75. The summed E-state index contributed by atoms with van der Waals surface area (Å²) < 4.78 is 6.63. The van der Waals surface area contributed by atoms with Gasteiger partial charge in [0.25, 0.3) is 0 Å². The summed E-state index contributed by atoms with van der Waals surface area (Å²) in [5, 5.41) is 3.46. The average molecular weight is 318 g/mol. The number of fused-ring (bicyclic) bond motifs is 1. The molecule has 19 heavy (non-hydrogen) atoms. The lowest BCUT2D eigenvalue weighted by Crippen LogP contribution is -2.00. The fraction of sp³-hybridized carbons (Fsp3) is 0.250. The van der Waals surface area contributed by atoms with Gasteiger partial charge in [-0.15, -0.1) is 0 Å². The zero-order valence-electron chi connectivity index (χ0n) is 10.9. The number of halogens is 1. The van der Waals surface area contributed by atoms with Crippen LogP contribution < -0.4 is 10.1 Å². The van der Waals surface area contributed by atoms with Gasteiger partial charge in [-0.3, -0.25) is 0 Å². The maximum absolute atomic E-state index is 5.52. The molecular weight excluding hydrogens is 302 g/mol. The minimum atomic E-state index is 0.817. The van der Waals surface area contributed by atoms with E-state index in [0.717, 1.165) is 35.5 Å². The average Bonchev–Trinajstić information content (AvgIpc) is 2.82. The first-order valence-electron chi connectivity index (χ1n) is 6.46. The van der Waals surface area contributed by atoms with Gasteiger partial charge in [-0.05, 0) is 47.9 Å². The summed E-state index contributed by atoms with van der Waals surface area (Å²) in [7, 11) is 0. The first-order chi connectivity index (χ1) is 9.20. The van der Waals surface area contributed by atoms with Crippen molar-refractivity contribution in [3.8, 4) is 5.75 Å². The molecule has 0 amide bonds. The third-order valence-corrected chi connectivity index (χ3v) is 3.75. The van der Waals surface area contributed by atoms with Gasteiger partial charge < -0.3 is 10.1 Å². The molecule has 1 N–H and O–H groups in total. The largest absolute Gasteiger partial charge is 0.493 e. The Balaban J connectivity index is 1.72. The highest BCUT2D eigenvalue weighted by molar-refractivity contribution is 9.10. The molecule has 0 radical (unpaired) electrons. The number of nitrogens with one attached hydrogen (secondary N) is 1. The molecule has 0 spiro atoms.